The summed E-state index contributed by atoms with van der Waals surface area (Å²) in [5.74, 6) is 0.567. The minimum Gasteiger partial charge on any atom is -0.0749 e. The molecule has 0 bridgehead atoms. The minimum absolute atomic E-state index is 0.176. The Morgan fingerprint density at radius 2 is 1.59 bits per heavy atom. The smallest absolute Gasteiger partial charge is 0.00812 e. The van der Waals surface area contributed by atoms with Crippen LogP contribution < -0.4 is 0 Å². The van der Waals surface area contributed by atoms with Crippen LogP contribution >= 0.6 is 0 Å². The third-order valence-corrected chi connectivity index (χ3v) is 4.61. The first-order valence-electron chi connectivity index (χ1n) is 6.56. The lowest BCUT2D eigenvalue weighted by Crippen LogP contribution is -2.24. The average Bonchev–Trinajstić information content (AvgIpc) is 2.22. The maximum Gasteiger partial charge on any atom is 0.00812 e. The Morgan fingerprint density at radius 1 is 1.00 bits per heavy atom. The maximum atomic E-state index is 2.44. The first-order valence-corrected chi connectivity index (χ1v) is 6.56. The fourth-order valence-electron chi connectivity index (χ4n) is 3.19. The number of benzene rings is 1. The highest BCUT2D eigenvalue weighted by atomic mass is 14.3. The predicted molar refractivity (Wildman–Crippen MR) is 75.9 cm³/mol. The van der Waals surface area contributed by atoms with Crippen molar-refractivity contribution in [2.24, 2.45) is 0 Å². The van der Waals surface area contributed by atoms with Crippen molar-refractivity contribution in [1.29, 1.82) is 0 Å². The molecule has 0 heteroatoms. The summed E-state index contributed by atoms with van der Waals surface area (Å²) in [5, 5.41) is 0. The van der Waals surface area contributed by atoms with Crippen LogP contribution in [0.15, 0.2) is 17.7 Å². The zero-order valence-electron chi connectivity index (χ0n) is 12.2. The minimum atomic E-state index is 0.176. The second kappa shape index (κ2) is 3.73. The van der Waals surface area contributed by atoms with Crippen LogP contribution in [-0.2, 0) is 5.41 Å². The van der Waals surface area contributed by atoms with Gasteiger partial charge in [0.05, 0.1) is 0 Å². The van der Waals surface area contributed by atoms with Gasteiger partial charge in [-0.1, -0.05) is 38.5 Å². The quantitative estimate of drug-likeness (QED) is 0.551. The molecule has 1 atom stereocenters. The second-order valence-corrected chi connectivity index (χ2v) is 6.24. The van der Waals surface area contributed by atoms with E-state index >= 15 is 0 Å². The Kier molecular flexibility index (Phi) is 2.72. The van der Waals surface area contributed by atoms with Crippen molar-refractivity contribution in [1.82, 2.24) is 0 Å². The van der Waals surface area contributed by atoms with E-state index in [1.54, 1.807) is 5.56 Å². The molecule has 0 amide bonds. The third kappa shape index (κ3) is 1.74. The molecule has 0 fully saturated rings. The van der Waals surface area contributed by atoms with Crippen molar-refractivity contribution >= 4 is 0 Å². The van der Waals surface area contributed by atoms with Gasteiger partial charge < -0.3 is 0 Å². The lowest BCUT2D eigenvalue weighted by Gasteiger charge is -2.36. The van der Waals surface area contributed by atoms with E-state index in [-0.39, 0.29) is 5.41 Å². The summed E-state index contributed by atoms with van der Waals surface area (Å²) in [5.41, 5.74) is 9.15. The van der Waals surface area contributed by atoms with E-state index in [9.17, 15) is 0 Å². The molecule has 0 aromatic heterocycles. The van der Waals surface area contributed by atoms with Crippen LogP contribution in [0.5, 0.6) is 0 Å². The highest BCUT2D eigenvalue weighted by Gasteiger charge is 2.31. The van der Waals surface area contributed by atoms with E-state index in [2.05, 4.69) is 60.6 Å². The van der Waals surface area contributed by atoms with E-state index in [1.807, 2.05) is 0 Å². The van der Waals surface area contributed by atoms with Crippen molar-refractivity contribution in [2.75, 3.05) is 0 Å². The summed E-state index contributed by atoms with van der Waals surface area (Å²) in [7, 11) is 0. The second-order valence-electron chi connectivity index (χ2n) is 6.24. The zero-order valence-corrected chi connectivity index (χ0v) is 12.2. The van der Waals surface area contributed by atoms with Crippen LogP contribution in [0.3, 0.4) is 0 Å². The molecule has 0 saturated heterocycles. The summed E-state index contributed by atoms with van der Waals surface area (Å²) in [6, 6.07) is 2.40. The lowest BCUT2D eigenvalue weighted by molar-refractivity contribution is 0.612. The molecule has 0 spiro atoms. The maximum absolute atomic E-state index is 2.44. The third-order valence-electron chi connectivity index (χ3n) is 4.61. The van der Waals surface area contributed by atoms with Crippen molar-refractivity contribution in [3.05, 3.63) is 45.5 Å². The Bertz CT molecular complexity index is 501. The Labute approximate surface area is 106 Å². The first-order chi connectivity index (χ1) is 7.75. The molecule has 1 aromatic rings. The largest absolute Gasteiger partial charge is 0.0749 e. The molecule has 1 unspecified atom stereocenters. The van der Waals surface area contributed by atoms with Crippen LogP contribution in [0.1, 0.15) is 61.4 Å². The SMILES string of the molecule is CC1=CC(C)(C)c2cc(C)c(C)c(C)c2C1C. The summed E-state index contributed by atoms with van der Waals surface area (Å²) >= 11 is 0. The van der Waals surface area contributed by atoms with E-state index in [0.717, 1.165) is 0 Å². The average molecular weight is 228 g/mol. The Balaban J connectivity index is 2.81. The Hall–Kier alpha value is -1.04. The molecule has 1 aliphatic rings. The highest BCUT2D eigenvalue weighted by molar-refractivity contribution is 5.55. The van der Waals surface area contributed by atoms with E-state index in [4.69, 9.17) is 0 Å². The molecule has 2 rings (SSSR count). The number of allylic oxidation sites excluding steroid dienone is 2. The standard InChI is InChI=1S/C17H24/c1-10-8-15-16(14(5)12(10)3)13(4)11(2)9-17(15,6)7/h8-9,13H,1-7H3. The van der Waals surface area contributed by atoms with Gasteiger partial charge in [0.25, 0.3) is 0 Å². The molecule has 1 aliphatic carbocycles. The van der Waals surface area contributed by atoms with Gasteiger partial charge in [0.1, 0.15) is 0 Å². The number of aryl methyl sites for hydroxylation is 1. The van der Waals surface area contributed by atoms with Crippen LogP contribution in [-0.4, -0.2) is 0 Å². The summed E-state index contributed by atoms with van der Waals surface area (Å²) in [6.07, 6.45) is 2.44. The summed E-state index contributed by atoms with van der Waals surface area (Å²) < 4.78 is 0. The van der Waals surface area contributed by atoms with Crippen LogP contribution in [0, 0.1) is 20.8 Å². The van der Waals surface area contributed by atoms with Crippen molar-refractivity contribution in [3.63, 3.8) is 0 Å². The van der Waals surface area contributed by atoms with E-state index < -0.39 is 0 Å². The van der Waals surface area contributed by atoms with Gasteiger partial charge in [-0.05, 0) is 55.5 Å². The van der Waals surface area contributed by atoms with Crippen LogP contribution in [0.25, 0.3) is 0 Å². The normalized spacial score (nSPS) is 22.1. The van der Waals surface area contributed by atoms with Gasteiger partial charge in [-0.25, -0.2) is 0 Å². The van der Waals surface area contributed by atoms with E-state index in [1.165, 1.54) is 27.8 Å². The monoisotopic (exact) mass is 228 g/mol. The molecule has 0 aliphatic heterocycles. The number of fused-ring (bicyclic) bond motifs is 1. The van der Waals surface area contributed by atoms with Gasteiger partial charge in [-0.2, -0.15) is 0 Å². The highest BCUT2D eigenvalue weighted by Crippen LogP contribution is 2.44. The molecule has 17 heavy (non-hydrogen) atoms. The van der Waals surface area contributed by atoms with Crippen molar-refractivity contribution < 1.29 is 0 Å². The molecule has 1 aromatic carbocycles. The predicted octanol–water partition coefficient (Wildman–Crippen LogP) is 4.95. The van der Waals surface area contributed by atoms with Gasteiger partial charge >= 0.3 is 0 Å². The van der Waals surface area contributed by atoms with Crippen molar-refractivity contribution in [2.45, 2.75) is 59.8 Å². The summed E-state index contributed by atoms with van der Waals surface area (Å²) in [4.78, 5) is 0. The zero-order chi connectivity index (χ0) is 13.0. The van der Waals surface area contributed by atoms with Gasteiger partial charge in [-0.3, -0.25) is 0 Å². The van der Waals surface area contributed by atoms with Crippen LogP contribution in [0.4, 0.5) is 0 Å². The van der Waals surface area contributed by atoms with Crippen LogP contribution in [0.2, 0.25) is 0 Å². The first kappa shape index (κ1) is 12.4. The summed E-state index contributed by atoms with van der Waals surface area (Å²) in [6.45, 7) is 16.0. The fourth-order valence-corrected chi connectivity index (χ4v) is 3.19. The number of hydrogen-bond donors (Lipinski definition) is 0. The number of rotatable bonds is 0. The molecular formula is C17H24. The molecule has 0 nitrogen and oxygen atoms in total. The van der Waals surface area contributed by atoms with E-state index in [0.29, 0.717) is 5.92 Å². The fraction of sp³-hybridized carbons (Fsp3) is 0.529. The Morgan fingerprint density at radius 3 is 2.18 bits per heavy atom. The van der Waals surface area contributed by atoms with Gasteiger partial charge in [0.15, 0.2) is 0 Å². The number of hydrogen-bond acceptors (Lipinski definition) is 0. The lowest BCUT2D eigenvalue weighted by atomic mass is 9.68. The molecule has 0 radical (unpaired) electrons. The molecule has 0 N–H and O–H groups in total. The molecular weight excluding hydrogens is 204 g/mol. The molecule has 92 valence electrons. The van der Waals surface area contributed by atoms with Gasteiger partial charge in [0.2, 0.25) is 0 Å². The molecule has 0 saturated carbocycles. The topological polar surface area (TPSA) is 0 Å². The van der Waals surface area contributed by atoms with Crippen molar-refractivity contribution in [3.8, 4) is 0 Å². The van der Waals surface area contributed by atoms with Gasteiger partial charge in [-0.15, -0.1) is 0 Å². The van der Waals surface area contributed by atoms with Gasteiger partial charge in [0, 0.05) is 11.3 Å². The molecule has 0 heterocycles.